The maximum atomic E-state index is 13.3. The Labute approximate surface area is 203 Å². The minimum atomic E-state index is 0.0341. The van der Waals surface area contributed by atoms with Crippen molar-refractivity contribution in [2.75, 3.05) is 55.7 Å². The molecule has 5 rings (SSSR count). The number of rotatable bonds is 5. The van der Waals surface area contributed by atoms with Gasteiger partial charge < -0.3 is 19.4 Å². The number of carbonyl (C=O) groups is 1. The number of piperazine rings is 1. The summed E-state index contributed by atoms with van der Waals surface area (Å²) in [4.78, 5) is 24.8. The maximum absolute atomic E-state index is 13.3. The number of fused-ring (bicyclic) bond motifs is 1. The van der Waals surface area contributed by atoms with Crippen LogP contribution < -0.4 is 14.5 Å². The van der Waals surface area contributed by atoms with Crippen LogP contribution in [0.25, 0.3) is 10.2 Å². The zero-order valence-electron chi connectivity index (χ0n) is 18.9. The number of halogens is 1. The molecule has 2 saturated heterocycles. The SMILES string of the molecule is CCOc1ccc2nc(N3CCCC(C(=O)N4CCN(c5ccc(Cl)cc5)CC4)C3)sc2c1. The molecule has 0 bridgehead atoms. The second kappa shape index (κ2) is 9.77. The molecule has 2 aromatic carbocycles. The van der Waals surface area contributed by atoms with Gasteiger partial charge in [-0.25, -0.2) is 4.98 Å². The number of hydrogen-bond acceptors (Lipinski definition) is 6. The molecular weight excluding hydrogens is 456 g/mol. The summed E-state index contributed by atoms with van der Waals surface area (Å²) in [6, 6.07) is 14.0. The molecule has 0 aliphatic carbocycles. The van der Waals surface area contributed by atoms with Crippen LogP contribution in [0.1, 0.15) is 19.8 Å². The summed E-state index contributed by atoms with van der Waals surface area (Å²) in [6.07, 6.45) is 1.97. The first-order valence-electron chi connectivity index (χ1n) is 11.7. The third-order valence-electron chi connectivity index (χ3n) is 6.48. The number of thiazole rings is 1. The molecule has 1 unspecified atom stereocenters. The number of ether oxygens (including phenoxy) is 1. The average Bonchev–Trinajstić information content (AvgIpc) is 3.28. The van der Waals surface area contributed by atoms with Crippen molar-refractivity contribution < 1.29 is 9.53 Å². The number of carbonyl (C=O) groups excluding carboxylic acids is 1. The third-order valence-corrected chi connectivity index (χ3v) is 7.81. The summed E-state index contributed by atoms with van der Waals surface area (Å²) in [7, 11) is 0. The van der Waals surface area contributed by atoms with E-state index >= 15 is 0 Å². The normalized spacial score (nSPS) is 19.2. The fraction of sp³-hybridized carbons (Fsp3) is 0.440. The Morgan fingerprint density at radius 2 is 1.88 bits per heavy atom. The van der Waals surface area contributed by atoms with E-state index in [0.717, 1.165) is 78.2 Å². The Morgan fingerprint density at radius 3 is 2.64 bits per heavy atom. The minimum absolute atomic E-state index is 0.0341. The van der Waals surface area contributed by atoms with E-state index in [-0.39, 0.29) is 11.8 Å². The van der Waals surface area contributed by atoms with Gasteiger partial charge in [-0.2, -0.15) is 0 Å². The van der Waals surface area contributed by atoms with E-state index in [1.807, 2.05) is 48.2 Å². The Balaban J connectivity index is 1.21. The van der Waals surface area contributed by atoms with E-state index in [1.54, 1.807) is 11.3 Å². The quantitative estimate of drug-likeness (QED) is 0.514. The Hall–Kier alpha value is -2.51. The lowest BCUT2D eigenvalue weighted by Crippen LogP contribution is -2.52. The summed E-state index contributed by atoms with van der Waals surface area (Å²) < 4.78 is 6.76. The lowest BCUT2D eigenvalue weighted by atomic mass is 9.96. The molecule has 1 aromatic heterocycles. The van der Waals surface area contributed by atoms with E-state index in [1.165, 1.54) is 5.69 Å². The topological polar surface area (TPSA) is 48.9 Å². The summed E-state index contributed by atoms with van der Waals surface area (Å²) >= 11 is 7.70. The van der Waals surface area contributed by atoms with Crippen molar-refractivity contribution in [2.45, 2.75) is 19.8 Å². The van der Waals surface area contributed by atoms with Crippen LogP contribution in [-0.4, -0.2) is 61.7 Å². The molecule has 0 N–H and O–H groups in total. The Kier molecular flexibility index (Phi) is 6.60. The van der Waals surface area contributed by atoms with E-state index in [0.29, 0.717) is 6.61 Å². The second-order valence-corrected chi connectivity index (χ2v) is 10.1. The van der Waals surface area contributed by atoms with Crippen LogP contribution in [0.3, 0.4) is 0 Å². The van der Waals surface area contributed by atoms with Gasteiger partial charge in [-0.3, -0.25) is 4.79 Å². The van der Waals surface area contributed by atoms with Gasteiger partial charge >= 0.3 is 0 Å². The fourth-order valence-corrected chi connectivity index (χ4v) is 5.89. The lowest BCUT2D eigenvalue weighted by molar-refractivity contribution is -0.136. The van der Waals surface area contributed by atoms with Crippen molar-refractivity contribution in [3.63, 3.8) is 0 Å². The largest absolute Gasteiger partial charge is 0.494 e. The van der Waals surface area contributed by atoms with E-state index < -0.39 is 0 Å². The molecule has 2 fully saturated rings. The number of hydrogen-bond donors (Lipinski definition) is 0. The number of benzene rings is 2. The molecule has 0 saturated carbocycles. The molecule has 3 heterocycles. The minimum Gasteiger partial charge on any atom is -0.494 e. The number of piperidine rings is 1. The van der Waals surface area contributed by atoms with Crippen LogP contribution in [0, 0.1) is 5.92 Å². The molecule has 2 aliphatic heterocycles. The maximum Gasteiger partial charge on any atom is 0.227 e. The van der Waals surface area contributed by atoms with Gasteiger partial charge in [0.1, 0.15) is 5.75 Å². The van der Waals surface area contributed by atoms with Crippen molar-refractivity contribution in [3.05, 3.63) is 47.5 Å². The molecule has 33 heavy (non-hydrogen) atoms. The number of nitrogens with zero attached hydrogens (tertiary/aromatic N) is 4. The van der Waals surface area contributed by atoms with Crippen molar-refractivity contribution in [1.29, 1.82) is 0 Å². The highest BCUT2D eigenvalue weighted by molar-refractivity contribution is 7.22. The summed E-state index contributed by atoms with van der Waals surface area (Å²) in [5, 5.41) is 1.75. The molecule has 3 aromatic rings. The van der Waals surface area contributed by atoms with Gasteiger partial charge in [-0.05, 0) is 62.2 Å². The Morgan fingerprint density at radius 1 is 1.09 bits per heavy atom. The number of anilines is 2. The van der Waals surface area contributed by atoms with Crippen molar-refractivity contribution >= 4 is 49.9 Å². The Bertz CT molecular complexity index is 1110. The molecule has 174 valence electrons. The van der Waals surface area contributed by atoms with Crippen molar-refractivity contribution in [1.82, 2.24) is 9.88 Å². The molecule has 2 aliphatic rings. The van der Waals surface area contributed by atoms with Crippen molar-refractivity contribution in [3.8, 4) is 5.75 Å². The lowest BCUT2D eigenvalue weighted by Gasteiger charge is -2.39. The molecular formula is C25H29ClN4O2S. The monoisotopic (exact) mass is 484 g/mol. The zero-order valence-corrected chi connectivity index (χ0v) is 20.4. The first kappa shape index (κ1) is 22.3. The van der Waals surface area contributed by atoms with Crippen LogP contribution in [0.15, 0.2) is 42.5 Å². The van der Waals surface area contributed by atoms with Gasteiger partial charge in [-0.15, -0.1) is 0 Å². The predicted molar refractivity (Wildman–Crippen MR) is 136 cm³/mol. The first-order chi connectivity index (χ1) is 16.1. The van der Waals surface area contributed by atoms with Gasteiger partial charge in [-0.1, -0.05) is 22.9 Å². The van der Waals surface area contributed by atoms with Gasteiger partial charge in [0, 0.05) is 50.0 Å². The number of aromatic nitrogens is 1. The fourth-order valence-electron chi connectivity index (χ4n) is 4.73. The van der Waals surface area contributed by atoms with Gasteiger partial charge in [0.15, 0.2) is 5.13 Å². The van der Waals surface area contributed by atoms with Crippen LogP contribution in [0.5, 0.6) is 5.75 Å². The highest BCUT2D eigenvalue weighted by atomic mass is 35.5. The van der Waals surface area contributed by atoms with Crippen molar-refractivity contribution in [2.24, 2.45) is 5.92 Å². The third kappa shape index (κ3) is 4.89. The second-order valence-electron chi connectivity index (χ2n) is 8.63. The van der Waals surface area contributed by atoms with E-state index in [9.17, 15) is 4.79 Å². The van der Waals surface area contributed by atoms with Crippen LogP contribution in [0.2, 0.25) is 5.02 Å². The molecule has 1 atom stereocenters. The average molecular weight is 485 g/mol. The van der Waals surface area contributed by atoms with Gasteiger partial charge in [0.2, 0.25) is 5.91 Å². The van der Waals surface area contributed by atoms with Crippen LogP contribution in [0.4, 0.5) is 10.8 Å². The number of amides is 1. The molecule has 0 spiro atoms. The standard InChI is InChI=1S/C25H29ClN4O2S/c1-2-32-21-9-10-22-23(16-21)33-25(27-22)30-11-3-4-18(17-30)24(31)29-14-12-28(13-15-29)20-7-5-19(26)6-8-20/h5-10,16,18H,2-4,11-15,17H2,1H3. The molecule has 0 radical (unpaired) electrons. The smallest absolute Gasteiger partial charge is 0.227 e. The summed E-state index contributed by atoms with van der Waals surface area (Å²) in [5.74, 6) is 1.20. The summed E-state index contributed by atoms with van der Waals surface area (Å²) in [6.45, 7) is 7.57. The van der Waals surface area contributed by atoms with Gasteiger partial charge in [0.05, 0.1) is 22.7 Å². The summed E-state index contributed by atoms with van der Waals surface area (Å²) in [5.41, 5.74) is 2.16. The molecule has 1 amide bonds. The van der Waals surface area contributed by atoms with E-state index in [2.05, 4.69) is 15.9 Å². The highest BCUT2D eigenvalue weighted by Crippen LogP contribution is 2.34. The zero-order chi connectivity index (χ0) is 22.8. The highest BCUT2D eigenvalue weighted by Gasteiger charge is 2.32. The van der Waals surface area contributed by atoms with Crippen LogP contribution in [-0.2, 0) is 4.79 Å². The molecule has 6 nitrogen and oxygen atoms in total. The van der Waals surface area contributed by atoms with Gasteiger partial charge in [0.25, 0.3) is 0 Å². The predicted octanol–water partition coefficient (Wildman–Crippen LogP) is 4.91. The molecule has 8 heteroatoms. The first-order valence-corrected chi connectivity index (χ1v) is 12.9. The van der Waals surface area contributed by atoms with E-state index in [4.69, 9.17) is 21.3 Å². The van der Waals surface area contributed by atoms with Crippen LogP contribution >= 0.6 is 22.9 Å².